The van der Waals surface area contributed by atoms with E-state index >= 15 is 0 Å². The topological polar surface area (TPSA) is 72.4 Å². The molecule has 0 aliphatic rings. The standard InChI is InChI=1S/C10H14N2O2S/c1-3-15(4-2)6-5-14-10(13)9(7-11)8-12/h3-6H2,1-2H3. The molecule has 82 valence electrons. The molecule has 0 aromatic heterocycles. The summed E-state index contributed by atoms with van der Waals surface area (Å²) in [5, 5.41) is 16.8. The molecule has 15 heavy (non-hydrogen) atoms. The quantitative estimate of drug-likeness (QED) is 0.222. The van der Waals surface area contributed by atoms with Gasteiger partial charge < -0.3 is 10.1 Å². The van der Waals surface area contributed by atoms with Gasteiger partial charge in [0, 0.05) is 0 Å². The van der Waals surface area contributed by atoms with Crippen LogP contribution in [0, 0.1) is 11.3 Å². The van der Waals surface area contributed by atoms with Crippen molar-refractivity contribution in [2.45, 2.75) is 13.8 Å². The number of carbonyl (C=O) groups excluding carboxylic acids is 1. The Morgan fingerprint density at radius 1 is 1.47 bits per heavy atom. The summed E-state index contributed by atoms with van der Waals surface area (Å²) in [5.41, 5.74) is -0.483. The van der Waals surface area contributed by atoms with Crippen molar-refractivity contribution < 1.29 is 9.53 Å². The van der Waals surface area contributed by atoms with Gasteiger partial charge in [0.25, 0.3) is 0 Å². The van der Waals surface area contributed by atoms with Crippen LogP contribution in [0.1, 0.15) is 13.8 Å². The Morgan fingerprint density at radius 3 is 2.47 bits per heavy atom. The minimum absolute atomic E-state index is 0.276. The molecule has 0 saturated carbocycles. The Labute approximate surface area is 92.8 Å². The van der Waals surface area contributed by atoms with E-state index in [1.807, 2.05) is 0 Å². The summed E-state index contributed by atoms with van der Waals surface area (Å²) in [7, 11) is 0.276. The molecule has 0 aliphatic heterocycles. The van der Waals surface area contributed by atoms with Crippen molar-refractivity contribution in [3.05, 3.63) is 11.0 Å². The lowest BCUT2D eigenvalue weighted by Gasteiger charge is -2.04. The highest BCUT2D eigenvalue weighted by Gasteiger charge is 2.14. The van der Waals surface area contributed by atoms with Crippen molar-refractivity contribution in [3.8, 4) is 6.07 Å². The van der Waals surface area contributed by atoms with E-state index in [9.17, 15) is 4.79 Å². The molecule has 0 N–H and O–H groups in total. The first-order valence-corrected chi connectivity index (χ1v) is 6.41. The van der Waals surface area contributed by atoms with Crippen molar-refractivity contribution in [1.82, 2.24) is 0 Å². The fourth-order valence-corrected chi connectivity index (χ4v) is 2.24. The number of carbonyl (C=O) groups is 1. The number of nitrogens with zero attached hydrogens (tertiary/aromatic N) is 2. The molecule has 5 heteroatoms. The highest BCUT2D eigenvalue weighted by Crippen LogP contribution is 1.98. The minimum Gasteiger partial charge on any atom is -0.762 e. The fourth-order valence-electron chi connectivity index (χ4n) is 0.933. The normalized spacial score (nSPS) is 9.20. The lowest BCUT2D eigenvalue weighted by Crippen LogP contribution is -2.19. The third-order valence-corrected chi connectivity index (χ3v) is 4.23. The highest BCUT2D eigenvalue weighted by atomic mass is 32.2. The van der Waals surface area contributed by atoms with E-state index in [1.54, 1.807) is 0 Å². The van der Waals surface area contributed by atoms with Crippen LogP contribution >= 0.6 is 0 Å². The third kappa shape index (κ3) is 5.26. The summed E-state index contributed by atoms with van der Waals surface area (Å²) in [5.74, 6) is 3.64. The molecule has 0 unspecified atom stereocenters. The molecule has 0 saturated heterocycles. The number of nitriles is 1. The lowest BCUT2D eigenvalue weighted by atomic mass is 10.3. The average molecular weight is 226 g/mol. The first kappa shape index (κ1) is 13.8. The second-order valence-electron chi connectivity index (χ2n) is 2.63. The predicted octanol–water partition coefficient (Wildman–Crippen LogP) is 0.877. The Hall–Kier alpha value is -1.24. The Bertz CT molecular complexity index is 299. The molecular formula is C10H14N2O2S. The maximum absolute atomic E-state index is 11.1. The largest absolute Gasteiger partial charge is 0.762 e. The number of rotatable bonds is 6. The van der Waals surface area contributed by atoms with Crippen LogP contribution in [0.4, 0.5) is 0 Å². The van der Waals surface area contributed by atoms with Crippen LogP contribution in [-0.2, 0) is 20.4 Å². The molecular weight excluding hydrogens is 212 g/mol. The number of hydrogen-bond donors (Lipinski definition) is 0. The van der Waals surface area contributed by atoms with Crippen LogP contribution in [-0.4, -0.2) is 35.7 Å². The summed E-state index contributed by atoms with van der Waals surface area (Å²) in [6.07, 6.45) is 0. The smallest absolute Gasteiger partial charge is 0.355 e. The van der Waals surface area contributed by atoms with Crippen LogP contribution in [0.15, 0.2) is 5.57 Å². The first-order valence-electron chi connectivity index (χ1n) is 4.67. The van der Waals surface area contributed by atoms with Gasteiger partial charge in [0.05, 0.1) is 0 Å². The monoisotopic (exact) mass is 226 g/mol. The summed E-state index contributed by atoms with van der Waals surface area (Å²) in [4.78, 5) is 11.1. The van der Waals surface area contributed by atoms with Crippen molar-refractivity contribution in [3.63, 3.8) is 0 Å². The van der Waals surface area contributed by atoms with E-state index in [0.717, 1.165) is 17.3 Å². The van der Waals surface area contributed by atoms with Gasteiger partial charge in [-0.1, -0.05) is 0 Å². The number of hydrogen-bond acceptors (Lipinski definition) is 3. The van der Waals surface area contributed by atoms with Gasteiger partial charge >= 0.3 is 5.97 Å². The molecule has 0 bridgehead atoms. The second-order valence-corrected chi connectivity index (χ2v) is 5.42. The maximum atomic E-state index is 11.1. The van der Waals surface area contributed by atoms with Crippen molar-refractivity contribution >= 4 is 22.7 Å². The van der Waals surface area contributed by atoms with E-state index in [0.29, 0.717) is 0 Å². The molecule has 0 amide bonds. The van der Waals surface area contributed by atoms with Gasteiger partial charge in [0.15, 0.2) is 5.57 Å². The third-order valence-electron chi connectivity index (χ3n) is 1.85. The predicted molar refractivity (Wildman–Crippen MR) is 61.8 cm³/mol. The van der Waals surface area contributed by atoms with Gasteiger partial charge in [-0.3, -0.25) is 0 Å². The SMILES string of the molecule is CC[S+](CC)CCOC(=O)C(=C=[N-])C#N. The zero-order valence-corrected chi connectivity index (χ0v) is 9.76. The van der Waals surface area contributed by atoms with Gasteiger partial charge in [0.1, 0.15) is 29.9 Å². The number of esters is 1. The van der Waals surface area contributed by atoms with Crippen LogP contribution in [0.25, 0.3) is 5.41 Å². The van der Waals surface area contributed by atoms with Crippen molar-refractivity contribution in [2.75, 3.05) is 23.9 Å². The summed E-state index contributed by atoms with van der Waals surface area (Å²) in [6, 6.07) is 1.50. The van der Waals surface area contributed by atoms with Crippen molar-refractivity contribution in [1.29, 1.82) is 5.26 Å². The Morgan fingerprint density at radius 2 is 2.07 bits per heavy atom. The Kier molecular flexibility index (Phi) is 7.43. The Balaban J connectivity index is 3.93. The lowest BCUT2D eigenvalue weighted by molar-refractivity contribution is -0.137. The fraction of sp³-hybridized carbons (Fsp3) is 0.600. The van der Waals surface area contributed by atoms with E-state index < -0.39 is 11.5 Å². The van der Waals surface area contributed by atoms with Gasteiger partial charge in [-0.25, -0.2) is 10.7 Å². The molecule has 0 heterocycles. The molecule has 4 nitrogen and oxygen atoms in total. The van der Waals surface area contributed by atoms with Gasteiger partial charge in [-0.05, 0) is 24.7 Å². The molecule has 0 aromatic carbocycles. The second kappa shape index (κ2) is 8.10. The van der Waals surface area contributed by atoms with E-state index in [-0.39, 0.29) is 17.5 Å². The van der Waals surface area contributed by atoms with Crippen LogP contribution in [0.3, 0.4) is 0 Å². The zero-order chi connectivity index (χ0) is 11.7. The van der Waals surface area contributed by atoms with Crippen LogP contribution in [0.2, 0.25) is 0 Å². The highest BCUT2D eigenvalue weighted by molar-refractivity contribution is 7.96. The molecule has 0 rings (SSSR count). The average Bonchev–Trinajstić information content (AvgIpc) is 2.26. The van der Waals surface area contributed by atoms with E-state index in [4.69, 9.17) is 15.4 Å². The summed E-state index contributed by atoms with van der Waals surface area (Å²) in [6.45, 7) is 4.48. The number of ether oxygens (including phenoxy) is 1. The molecule has 0 aromatic rings. The molecule has 0 spiro atoms. The first-order chi connectivity index (χ1) is 7.19. The van der Waals surface area contributed by atoms with Crippen molar-refractivity contribution in [2.24, 2.45) is 0 Å². The van der Waals surface area contributed by atoms with Crippen LogP contribution < -0.4 is 0 Å². The molecule has 0 radical (unpaired) electrons. The van der Waals surface area contributed by atoms with E-state index in [2.05, 4.69) is 13.8 Å². The maximum Gasteiger partial charge on any atom is 0.355 e. The molecule has 0 fully saturated rings. The molecule has 0 aliphatic carbocycles. The van der Waals surface area contributed by atoms with Gasteiger partial charge in [-0.15, -0.1) is 0 Å². The summed E-state index contributed by atoms with van der Waals surface area (Å²) >= 11 is 0. The molecule has 0 atom stereocenters. The minimum atomic E-state index is -0.809. The zero-order valence-electron chi connectivity index (χ0n) is 8.95. The van der Waals surface area contributed by atoms with E-state index in [1.165, 1.54) is 11.9 Å². The van der Waals surface area contributed by atoms with Gasteiger partial charge in [-0.2, -0.15) is 5.26 Å². The summed E-state index contributed by atoms with van der Waals surface area (Å²) < 4.78 is 4.81. The van der Waals surface area contributed by atoms with Gasteiger partial charge in [0.2, 0.25) is 0 Å². The van der Waals surface area contributed by atoms with Crippen LogP contribution in [0.5, 0.6) is 0 Å².